The largest absolute Gasteiger partial charge is 0.486 e. The molecule has 21 heavy (non-hydrogen) atoms. The lowest BCUT2D eigenvalue weighted by Crippen LogP contribution is -2.34. The molecule has 0 saturated carbocycles. The van der Waals surface area contributed by atoms with Crippen molar-refractivity contribution in [1.82, 2.24) is 5.32 Å². The Kier molecular flexibility index (Phi) is 5.20. The van der Waals surface area contributed by atoms with Gasteiger partial charge in [0.15, 0.2) is 0 Å². The number of nitrogens with one attached hydrogen (secondary N) is 1. The first-order chi connectivity index (χ1) is 9.83. The first-order valence-electron chi connectivity index (χ1n) is 6.74. The Balaban J connectivity index is 1.89. The molecule has 1 aromatic heterocycles. The van der Waals surface area contributed by atoms with E-state index in [9.17, 15) is 0 Å². The molecule has 0 aliphatic rings. The maximum Gasteiger partial charge on any atom is 0.146 e. The van der Waals surface area contributed by atoms with Crippen LogP contribution in [0.4, 0.5) is 0 Å². The van der Waals surface area contributed by atoms with Crippen LogP contribution in [0.15, 0.2) is 34.7 Å². The van der Waals surface area contributed by atoms with E-state index in [1.54, 1.807) is 18.2 Å². The zero-order chi connectivity index (χ0) is 15.5. The molecule has 0 saturated heterocycles. The SMILES string of the molecule is CC(C)(C)NCc1ccc(COc2ccc(Cl)c(Cl)c2)o1. The fourth-order valence-electron chi connectivity index (χ4n) is 1.67. The van der Waals surface area contributed by atoms with Gasteiger partial charge in [0.25, 0.3) is 0 Å². The normalized spacial score (nSPS) is 11.7. The van der Waals surface area contributed by atoms with Gasteiger partial charge in [-0.2, -0.15) is 0 Å². The molecule has 3 nitrogen and oxygen atoms in total. The van der Waals surface area contributed by atoms with Gasteiger partial charge < -0.3 is 14.5 Å². The van der Waals surface area contributed by atoms with Crippen molar-refractivity contribution in [2.75, 3.05) is 0 Å². The standard InChI is InChI=1S/C16H19Cl2NO2/c1-16(2,3)19-9-12-4-5-13(21-12)10-20-11-6-7-14(17)15(18)8-11/h4-8,19H,9-10H2,1-3H3. The summed E-state index contributed by atoms with van der Waals surface area (Å²) >= 11 is 11.8. The maximum absolute atomic E-state index is 5.94. The van der Waals surface area contributed by atoms with Gasteiger partial charge in [0.05, 0.1) is 16.6 Å². The van der Waals surface area contributed by atoms with Gasteiger partial charge in [0.1, 0.15) is 23.9 Å². The number of benzene rings is 1. The Labute approximate surface area is 135 Å². The summed E-state index contributed by atoms with van der Waals surface area (Å²) < 4.78 is 11.3. The molecule has 0 aliphatic heterocycles. The van der Waals surface area contributed by atoms with E-state index in [4.69, 9.17) is 32.4 Å². The first-order valence-corrected chi connectivity index (χ1v) is 7.49. The minimum Gasteiger partial charge on any atom is -0.486 e. The number of halogens is 2. The van der Waals surface area contributed by atoms with Crippen molar-refractivity contribution in [1.29, 1.82) is 0 Å². The van der Waals surface area contributed by atoms with E-state index in [1.165, 1.54) is 0 Å². The average molecular weight is 328 g/mol. The van der Waals surface area contributed by atoms with Crippen LogP contribution >= 0.6 is 23.2 Å². The van der Waals surface area contributed by atoms with Crippen LogP contribution in [0.3, 0.4) is 0 Å². The maximum atomic E-state index is 5.94. The van der Waals surface area contributed by atoms with Crippen molar-refractivity contribution < 1.29 is 9.15 Å². The van der Waals surface area contributed by atoms with Crippen molar-refractivity contribution in [2.45, 2.75) is 39.5 Å². The third kappa shape index (κ3) is 5.27. The third-order valence-corrected chi connectivity index (χ3v) is 3.52. The van der Waals surface area contributed by atoms with Crippen molar-refractivity contribution in [3.8, 4) is 5.75 Å². The van der Waals surface area contributed by atoms with Gasteiger partial charge in [-0.1, -0.05) is 23.2 Å². The van der Waals surface area contributed by atoms with E-state index in [0.717, 1.165) is 11.5 Å². The van der Waals surface area contributed by atoms with Crippen molar-refractivity contribution >= 4 is 23.2 Å². The molecular formula is C16H19Cl2NO2. The molecule has 5 heteroatoms. The number of hydrogen-bond acceptors (Lipinski definition) is 3. The van der Waals surface area contributed by atoms with Gasteiger partial charge in [-0.05, 0) is 45.0 Å². The predicted molar refractivity (Wildman–Crippen MR) is 86.1 cm³/mol. The summed E-state index contributed by atoms with van der Waals surface area (Å²) in [5.74, 6) is 2.32. The minimum atomic E-state index is 0.0590. The molecule has 0 atom stereocenters. The van der Waals surface area contributed by atoms with Crippen LogP contribution < -0.4 is 10.1 Å². The van der Waals surface area contributed by atoms with E-state index in [0.29, 0.717) is 28.9 Å². The first kappa shape index (κ1) is 16.2. The Morgan fingerprint density at radius 1 is 1.05 bits per heavy atom. The lowest BCUT2D eigenvalue weighted by molar-refractivity contribution is 0.263. The van der Waals surface area contributed by atoms with Gasteiger partial charge in [-0.15, -0.1) is 0 Å². The summed E-state index contributed by atoms with van der Waals surface area (Å²) in [5, 5.41) is 4.36. The molecular weight excluding hydrogens is 309 g/mol. The van der Waals surface area contributed by atoms with Gasteiger partial charge in [-0.25, -0.2) is 0 Å². The monoisotopic (exact) mass is 327 g/mol. The quantitative estimate of drug-likeness (QED) is 0.834. The van der Waals surface area contributed by atoms with Gasteiger partial charge >= 0.3 is 0 Å². The molecule has 1 N–H and O–H groups in total. The highest BCUT2D eigenvalue weighted by Crippen LogP contribution is 2.26. The smallest absolute Gasteiger partial charge is 0.146 e. The van der Waals surface area contributed by atoms with Gasteiger partial charge in [-0.3, -0.25) is 0 Å². The average Bonchev–Trinajstić information content (AvgIpc) is 2.85. The highest BCUT2D eigenvalue weighted by Gasteiger charge is 2.10. The minimum absolute atomic E-state index is 0.0590. The number of hydrogen-bond donors (Lipinski definition) is 1. The van der Waals surface area contributed by atoms with Crippen LogP contribution in [0.2, 0.25) is 10.0 Å². The molecule has 0 fully saturated rings. The molecule has 114 valence electrons. The summed E-state index contributed by atoms with van der Waals surface area (Å²) in [6, 6.07) is 9.04. The third-order valence-electron chi connectivity index (χ3n) is 2.78. The summed E-state index contributed by atoms with van der Waals surface area (Å²) in [6.45, 7) is 7.39. The summed E-state index contributed by atoms with van der Waals surface area (Å²) in [6.07, 6.45) is 0. The topological polar surface area (TPSA) is 34.4 Å². The number of rotatable bonds is 5. The molecule has 1 heterocycles. The number of furan rings is 1. The van der Waals surface area contributed by atoms with E-state index >= 15 is 0 Å². The second-order valence-corrected chi connectivity index (χ2v) is 6.65. The summed E-state index contributed by atoms with van der Waals surface area (Å²) in [5.41, 5.74) is 0.0590. The number of ether oxygens (including phenoxy) is 1. The van der Waals surface area contributed by atoms with Crippen molar-refractivity contribution in [2.24, 2.45) is 0 Å². The molecule has 0 aliphatic carbocycles. The van der Waals surface area contributed by atoms with Crippen LogP contribution in [0.1, 0.15) is 32.3 Å². The zero-order valence-corrected chi connectivity index (χ0v) is 13.9. The molecule has 0 bridgehead atoms. The van der Waals surface area contributed by atoms with Gasteiger partial charge in [0.2, 0.25) is 0 Å². The molecule has 0 spiro atoms. The van der Waals surface area contributed by atoms with Crippen molar-refractivity contribution in [3.05, 3.63) is 51.9 Å². The highest BCUT2D eigenvalue weighted by atomic mass is 35.5. The molecule has 2 aromatic rings. The predicted octanol–water partition coefficient (Wildman–Crippen LogP) is 5.05. The highest BCUT2D eigenvalue weighted by molar-refractivity contribution is 6.42. The zero-order valence-electron chi connectivity index (χ0n) is 12.4. The van der Waals surface area contributed by atoms with Crippen LogP contribution in [0, 0.1) is 0 Å². The van der Waals surface area contributed by atoms with Crippen LogP contribution in [0.5, 0.6) is 5.75 Å². The Hall–Kier alpha value is -1.16. The van der Waals surface area contributed by atoms with E-state index in [-0.39, 0.29) is 5.54 Å². The lowest BCUT2D eigenvalue weighted by Gasteiger charge is -2.19. The van der Waals surface area contributed by atoms with Crippen molar-refractivity contribution in [3.63, 3.8) is 0 Å². The molecule has 0 radical (unpaired) electrons. The fourth-order valence-corrected chi connectivity index (χ4v) is 1.96. The molecule has 1 aromatic carbocycles. The summed E-state index contributed by atoms with van der Waals surface area (Å²) in [4.78, 5) is 0. The Bertz CT molecular complexity index is 603. The van der Waals surface area contributed by atoms with E-state index in [2.05, 4.69) is 26.1 Å². The molecule has 0 amide bonds. The summed E-state index contributed by atoms with van der Waals surface area (Å²) in [7, 11) is 0. The molecule has 0 unspecified atom stereocenters. The second kappa shape index (κ2) is 6.73. The lowest BCUT2D eigenvalue weighted by atomic mass is 10.1. The Morgan fingerprint density at radius 3 is 2.43 bits per heavy atom. The van der Waals surface area contributed by atoms with Crippen LogP contribution in [0.25, 0.3) is 0 Å². The Morgan fingerprint density at radius 2 is 1.76 bits per heavy atom. The molecule has 2 rings (SSSR count). The van der Waals surface area contributed by atoms with E-state index in [1.807, 2.05) is 12.1 Å². The van der Waals surface area contributed by atoms with Crippen LogP contribution in [-0.4, -0.2) is 5.54 Å². The van der Waals surface area contributed by atoms with E-state index < -0.39 is 0 Å². The van der Waals surface area contributed by atoms with Gasteiger partial charge in [0, 0.05) is 11.6 Å². The second-order valence-electron chi connectivity index (χ2n) is 5.84. The van der Waals surface area contributed by atoms with Crippen LogP contribution in [-0.2, 0) is 13.2 Å². The fraction of sp³-hybridized carbons (Fsp3) is 0.375.